The Labute approximate surface area is 164 Å². The lowest BCUT2D eigenvalue weighted by molar-refractivity contribution is 0.0907. The van der Waals surface area contributed by atoms with Crippen LogP contribution < -0.4 is 10.6 Å². The zero-order valence-corrected chi connectivity index (χ0v) is 16.2. The Kier molecular flexibility index (Phi) is 7.00. The lowest BCUT2D eigenvalue weighted by atomic mass is 9.96. The lowest BCUT2D eigenvalue weighted by Gasteiger charge is -2.26. The predicted molar refractivity (Wildman–Crippen MR) is 104 cm³/mol. The number of nitrogens with zero attached hydrogens (tertiary/aromatic N) is 3. The molecule has 28 heavy (non-hydrogen) atoms. The van der Waals surface area contributed by atoms with Gasteiger partial charge in [0.05, 0.1) is 0 Å². The molecule has 3 rings (SSSR count). The maximum absolute atomic E-state index is 12.3. The van der Waals surface area contributed by atoms with E-state index in [1.165, 1.54) is 19.3 Å². The highest BCUT2D eigenvalue weighted by Gasteiger charge is 2.19. The average molecular weight is 385 g/mol. The topological polar surface area (TPSA) is 100 Å². The molecular formula is C20H27N5O3. The molecule has 1 aromatic heterocycles. The van der Waals surface area contributed by atoms with Gasteiger partial charge in [-0.1, -0.05) is 54.8 Å². The molecule has 1 heterocycles. The molecule has 8 heteroatoms. The zero-order valence-electron chi connectivity index (χ0n) is 16.2. The molecule has 1 aliphatic carbocycles. The summed E-state index contributed by atoms with van der Waals surface area (Å²) in [5.41, 5.74) is 0.987. The largest absolute Gasteiger partial charge is 0.344 e. The van der Waals surface area contributed by atoms with Crippen LogP contribution in [0.15, 0.2) is 34.9 Å². The van der Waals surface area contributed by atoms with E-state index in [-0.39, 0.29) is 18.0 Å². The minimum absolute atomic E-state index is 0.0692. The summed E-state index contributed by atoms with van der Waals surface area (Å²) in [4.78, 5) is 30.1. The molecular weight excluding hydrogens is 358 g/mol. The van der Waals surface area contributed by atoms with Crippen LogP contribution in [0.25, 0.3) is 0 Å². The van der Waals surface area contributed by atoms with Crippen molar-refractivity contribution in [1.29, 1.82) is 0 Å². The Morgan fingerprint density at radius 3 is 2.68 bits per heavy atom. The van der Waals surface area contributed by atoms with Gasteiger partial charge in [0.15, 0.2) is 5.82 Å². The van der Waals surface area contributed by atoms with Crippen LogP contribution in [-0.2, 0) is 13.0 Å². The van der Waals surface area contributed by atoms with Gasteiger partial charge >= 0.3 is 17.8 Å². The minimum atomic E-state index is -0.411. The van der Waals surface area contributed by atoms with Gasteiger partial charge in [-0.3, -0.25) is 4.79 Å². The molecule has 0 radical (unpaired) electrons. The fourth-order valence-corrected chi connectivity index (χ4v) is 3.20. The van der Waals surface area contributed by atoms with E-state index in [0.717, 1.165) is 18.4 Å². The fraction of sp³-hybridized carbons (Fsp3) is 0.500. The zero-order chi connectivity index (χ0) is 19.8. The summed E-state index contributed by atoms with van der Waals surface area (Å²) in [6, 6.07) is 9.77. The van der Waals surface area contributed by atoms with Crippen molar-refractivity contribution in [3.8, 4) is 0 Å². The minimum Gasteiger partial charge on any atom is -0.344 e. The predicted octanol–water partition coefficient (Wildman–Crippen LogP) is 2.52. The van der Waals surface area contributed by atoms with E-state index in [0.29, 0.717) is 25.3 Å². The van der Waals surface area contributed by atoms with Crippen molar-refractivity contribution in [3.05, 3.63) is 47.6 Å². The molecule has 8 nitrogen and oxygen atoms in total. The molecule has 2 aromatic rings. The van der Waals surface area contributed by atoms with Crippen LogP contribution in [0.3, 0.4) is 0 Å². The Morgan fingerprint density at radius 2 is 1.93 bits per heavy atom. The van der Waals surface area contributed by atoms with Crippen LogP contribution in [0.4, 0.5) is 4.79 Å². The maximum atomic E-state index is 12.3. The van der Waals surface area contributed by atoms with Crippen molar-refractivity contribution in [3.63, 3.8) is 0 Å². The highest BCUT2D eigenvalue weighted by atomic mass is 16.5. The first kappa shape index (κ1) is 19.9. The van der Waals surface area contributed by atoms with Gasteiger partial charge in [-0.15, -0.1) is 0 Å². The molecule has 1 fully saturated rings. The maximum Gasteiger partial charge on any atom is 0.317 e. The van der Waals surface area contributed by atoms with Crippen molar-refractivity contribution >= 4 is 11.9 Å². The lowest BCUT2D eigenvalue weighted by Crippen LogP contribution is -2.44. The van der Waals surface area contributed by atoms with Crippen LogP contribution in [-0.4, -0.2) is 46.6 Å². The Bertz CT molecular complexity index is 771. The smallest absolute Gasteiger partial charge is 0.317 e. The fourth-order valence-electron chi connectivity index (χ4n) is 3.20. The number of hydrogen-bond donors (Lipinski definition) is 2. The van der Waals surface area contributed by atoms with Gasteiger partial charge in [-0.25, -0.2) is 4.79 Å². The van der Waals surface area contributed by atoms with Crippen molar-refractivity contribution in [2.45, 2.75) is 51.1 Å². The van der Waals surface area contributed by atoms with Crippen LogP contribution in [0.2, 0.25) is 0 Å². The monoisotopic (exact) mass is 385 g/mol. The number of carbonyl (C=O) groups is 2. The number of nitrogens with one attached hydrogen (secondary N) is 2. The molecule has 3 amide bonds. The van der Waals surface area contributed by atoms with E-state index in [1.807, 2.05) is 30.3 Å². The molecule has 0 saturated heterocycles. The molecule has 0 unspecified atom stereocenters. The van der Waals surface area contributed by atoms with E-state index in [1.54, 1.807) is 11.9 Å². The summed E-state index contributed by atoms with van der Waals surface area (Å²) < 4.78 is 5.04. The van der Waals surface area contributed by atoms with Crippen molar-refractivity contribution in [1.82, 2.24) is 25.7 Å². The van der Waals surface area contributed by atoms with Gasteiger partial charge < -0.3 is 20.1 Å². The second kappa shape index (κ2) is 9.87. The first-order chi connectivity index (χ1) is 13.6. The summed E-state index contributed by atoms with van der Waals surface area (Å²) in [6.07, 6.45) is 6.11. The third-order valence-electron chi connectivity index (χ3n) is 4.91. The average Bonchev–Trinajstić information content (AvgIpc) is 3.21. The van der Waals surface area contributed by atoms with Crippen LogP contribution in [0.5, 0.6) is 0 Å². The van der Waals surface area contributed by atoms with E-state index < -0.39 is 5.91 Å². The van der Waals surface area contributed by atoms with E-state index >= 15 is 0 Å². The third kappa shape index (κ3) is 5.80. The Balaban J connectivity index is 1.42. The number of aromatic nitrogens is 2. The van der Waals surface area contributed by atoms with Crippen molar-refractivity contribution in [2.75, 3.05) is 13.6 Å². The summed E-state index contributed by atoms with van der Waals surface area (Å²) in [5, 5.41) is 9.65. The van der Waals surface area contributed by atoms with Gasteiger partial charge in [0.1, 0.15) is 0 Å². The molecule has 0 aliphatic heterocycles. The molecule has 0 spiro atoms. The number of likely N-dealkylation sites (N-methyl/N-ethyl adjacent to an activating group) is 1. The number of urea groups is 1. The SMILES string of the molecule is CN(CCc1noc(C(=O)NCc2ccccc2)n1)C(=O)NC1CCCCC1. The summed E-state index contributed by atoms with van der Waals surface area (Å²) in [5.74, 6) is -0.0755. The first-order valence-electron chi connectivity index (χ1n) is 9.78. The van der Waals surface area contributed by atoms with Crippen LogP contribution in [0, 0.1) is 0 Å². The first-order valence-corrected chi connectivity index (χ1v) is 9.78. The highest BCUT2D eigenvalue weighted by molar-refractivity contribution is 5.89. The van der Waals surface area contributed by atoms with Crippen LogP contribution >= 0.6 is 0 Å². The third-order valence-corrected chi connectivity index (χ3v) is 4.91. The normalized spacial score (nSPS) is 14.5. The highest BCUT2D eigenvalue weighted by Crippen LogP contribution is 2.17. The van der Waals surface area contributed by atoms with Gasteiger partial charge in [0.25, 0.3) is 0 Å². The van der Waals surface area contributed by atoms with E-state index in [2.05, 4.69) is 20.8 Å². The quantitative estimate of drug-likeness (QED) is 0.763. The van der Waals surface area contributed by atoms with E-state index in [9.17, 15) is 9.59 Å². The summed E-state index contributed by atoms with van der Waals surface area (Å²) in [7, 11) is 1.74. The van der Waals surface area contributed by atoms with Crippen LogP contribution in [0.1, 0.15) is 54.2 Å². The summed E-state index contributed by atoms with van der Waals surface area (Å²) >= 11 is 0. The number of carbonyl (C=O) groups excluding carboxylic acids is 2. The van der Waals surface area contributed by atoms with E-state index in [4.69, 9.17) is 4.52 Å². The second-order valence-electron chi connectivity index (χ2n) is 7.14. The van der Waals surface area contributed by atoms with Gasteiger partial charge in [0.2, 0.25) is 0 Å². The van der Waals surface area contributed by atoms with Crippen molar-refractivity contribution in [2.24, 2.45) is 0 Å². The number of benzene rings is 1. The van der Waals surface area contributed by atoms with Gasteiger partial charge in [-0.05, 0) is 18.4 Å². The van der Waals surface area contributed by atoms with Gasteiger partial charge in [0, 0.05) is 32.6 Å². The summed E-state index contributed by atoms with van der Waals surface area (Å²) in [6.45, 7) is 0.838. The molecule has 2 N–H and O–H groups in total. The molecule has 150 valence electrons. The number of amides is 3. The second-order valence-corrected chi connectivity index (χ2v) is 7.14. The standard InChI is InChI=1S/C20H27N5O3/c1-25(20(27)22-16-10-6-3-7-11-16)13-12-17-23-19(28-24-17)18(26)21-14-15-8-4-2-5-9-15/h2,4-5,8-9,16H,3,6-7,10-14H2,1H3,(H,21,26)(H,22,27). The molecule has 1 aromatic carbocycles. The molecule has 1 aliphatic rings. The molecule has 1 saturated carbocycles. The molecule has 0 atom stereocenters. The number of rotatable bonds is 7. The van der Waals surface area contributed by atoms with Gasteiger partial charge in [-0.2, -0.15) is 4.98 Å². The van der Waals surface area contributed by atoms with Crippen molar-refractivity contribution < 1.29 is 14.1 Å². The Hall–Kier alpha value is -2.90. The molecule has 0 bridgehead atoms. The Morgan fingerprint density at radius 1 is 1.18 bits per heavy atom. The number of hydrogen-bond acceptors (Lipinski definition) is 5.